The molecular weight excluding hydrogens is 405 g/mol. The van der Waals surface area contributed by atoms with Crippen LogP contribution in [0.4, 0.5) is 0 Å². The van der Waals surface area contributed by atoms with Gasteiger partial charge in [0.05, 0.1) is 0 Å². The summed E-state index contributed by atoms with van der Waals surface area (Å²) < 4.78 is 3.29. The topological polar surface area (TPSA) is 0 Å². The van der Waals surface area contributed by atoms with Gasteiger partial charge in [0, 0.05) is 32.7 Å². The van der Waals surface area contributed by atoms with E-state index in [9.17, 15) is 0 Å². The molecule has 0 aliphatic rings. The van der Waals surface area contributed by atoms with Crippen LogP contribution < -0.4 is 0 Å². The zero-order valence-electron chi connectivity index (χ0n) is 9.06. The van der Waals surface area contributed by atoms with Crippen molar-refractivity contribution >= 4 is 4.40 Å². The molecule has 0 heterocycles. The van der Waals surface area contributed by atoms with Gasteiger partial charge in [-0.15, -0.1) is 0 Å². The zero-order valence-corrected chi connectivity index (χ0v) is 14.8. The smallest absolute Gasteiger partial charge is 0 e. The van der Waals surface area contributed by atoms with Crippen LogP contribution in [0, 0.1) is 11.5 Å². The Hall–Kier alpha value is 1.14. The first-order valence-electron chi connectivity index (χ1n) is 4.03. The van der Waals surface area contributed by atoms with Crippen LogP contribution in [0.15, 0.2) is 17.2 Å². The normalized spacial score (nSPS) is 13.6. The van der Waals surface area contributed by atoms with Crippen molar-refractivity contribution in [1.29, 1.82) is 0 Å². The van der Waals surface area contributed by atoms with Crippen molar-refractivity contribution in [3.63, 3.8) is 0 Å². The maximum Gasteiger partial charge on any atom is 0 e. The molecule has 0 aromatic rings. The minimum Gasteiger partial charge on any atom is 0 e. The summed E-state index contributed by atoms with van der Waals surface area (Å²) in [5.74, 6) is 0. The van der Waals surface area contributed by atoms with Gasteiger partial charge in [0.25, 0.3) is 0 Å². The molecular formula is C11H16WY-2. The molecule has 0 aromatic heterocycles. The van der Waals surface area contributed by atoms with Crippen molar-refractivity contribution in [2.75, 3.05) is 0 Å². The van der Waals surface area contributed by atoms with E-state index in [1.807, 2.05) is 6.92 Å². The molecule has 0 amide bonds. The van der Waals surface area contributed by atoms with Gasteiger partial charge in [0.2, 0.25) is 0 Å². The van der Waals surface area contributed by atoms with Crippen molar-refractivity contribution in [2.45, 2.75) is 34.6 Å². The largest absolute Gasteiger partial charge is 0 e. The van der Waals surface area contributed by atoms with E-state index < -0.39 is 0 Å². The Bertz CT molecular complexity index is 219. The molecule has 0 N–H and O–H groups in total. The summed E-state index contributed by atoms with van der Waals surface area (Å²) in [6.45, 7) is 10.6. The van der Waals surface area contributed by atoms with Gasteiger partial charge < -0.3 is 0 Å². The van der Waals surface area contributed by atoms with Crippen LogP contribution in [-0.4, -0.2) is 4.40 Å². The maximum atomic E-state index is 3.29. The predicted molar refractivity (Wildman–Crippen MR) is 50.6 cm³/mol. The van der Waals surface area contributed by atoms with Gasteiger partial charge in [-0.05, 0) is 0 Å². The Balaban J connectivity index is 0. The van der Waals surface area contributed by atoms with Gasteiger partial charge in [0.1, 0.15) is 0 Å². The van der Waals surface area contributed by atoms with Crippen LogP contribution >= 0.6 is 0 Å². The molecule has 0 aromatic carbocycles. The first kappa shape index (κ1) is 16.6. The molecule has 1 radical (unpaired) electrons. The molecule has 0 atom stereocenters. The average molecular weight is 421 g/mol. The Morgan fingerprint density at radius 2 is 1.77 bits per heavy atom. The summed E-state index contributed by atoms with van der Waals surface area (Å²) in [6, 6.07) is 0. The van der Waals surface area contributed by atoms with Crippen LogP contribution in [-0.2, 0) is 52.1 Å². The quantitative estimate of drug-likeness (QED) is 0.476. The molecule has 0 saturated carbocycles. The predicted octanol–water partition coefficient (Wildman–Crippen LogP) is 2.95. The Morgan fingerprint density at radius 1 is 1.31 bits per heavy atom. The third-order valence-electron chi connectivity index (χ3n) is 1.67. The summed E-state index contributed by atoms with van der Waals surface area (Å²) in [5, 5.41) is 0. The Kier molecular flexibility index (Phi) is 9.48. The van der Waals surface area contributed by atoms with Gasteiger partial charge in [0.15, 0.2) is 0 Å². The third kappa shape index (κ3) is 7.12. The van der Waals surface area contributed by atoms with Gasteiger partial charge in [-0.25, -0.2) is 0 Å². The van der Waals surface area contributed by atoms with Crippen LogP contribution in [0.2, 0.25) is 0 Å². The van der Waals surface area contributed by atoms with Crippen molar-refractivity contribution in [3.8, 4) is 0 Å². The van der Waals surface area contributed by atoms with Crippen molar-refractivity contribution in [2.24, 2.45) is 5.41 Å². The molecule has 0 rings (SSSR count). The number of allylic oxidation sites excluding steroid dienone is 4. The molecule has 0 nitrogen and oxygen atoms in total. The molecule has 71 valence electrons. The monoisotopic (exact) mass is 421 g/mol. The number of rotatable bonds is 2. The standard InChI is InChI=1S/C11H16.W.Y/c1-7-9(2)8-10(3)11(4,5)6;;/h8H,1-2,4-6H3;;/q-2;;/b10-8+;;. The van der Waals surface area contributed by atoms with Crippen molar-refractivity contribution in [1.82, 2.24) is 0 Å². The van der Waals surface area contributed by atoms with Gasteiger partial charge in [-0.3, -0.25) is 0 Å². The zero-order chi connectivity index (χ0) is 9.78. The van der Waals surface area contributed by atoms with Crippen LogP contribution in [0.1, 0.15) is 34.6 Å². The van der Waals surface area contributed by atoms with Crippen LogP contribution in [0.3, 0.4) is 0 Å². The second kappa shape index (κ2) is 7.44. The first-order chi connectivity index (χ1) is 5.41. The fraction of sp³-hybridized carbons (Fsp3) is 0.545. The van der Waals surface area contributed by atoms with Gasteiger partial charge in [-0.1, -0.05) is 0 Å². The number of hydrogen-bond acceptors (Lipinski definition) is 0. The first-order valence-corrected chi connectivity index (χ1v) is 5.50. The molecule has 0 aliphatic heterocycles. The molecule has 0 unspecified atom stereocenters. The fourth-order valence-electron chi connectivity index (χ4n) is 0.688. The minimum absolute atomic E-state index is 0. The summed E-state index contributed by atoms with van der Waals surface area (Å²) in [6.07, 6.45) is 5.27. The second-order valence-electron chi connectivity index (χ2n) is 3.84. The van der Waals surface area contributed by atoms with E-state index >= 15 is 0 Å². The molecule has 0 bridgehead atoms. The second-order valence-corrected chi connectivity index (χ2v) is 4.58. The summed E-state index contributed by atoms with van der Waals surface area (Å²) in [4.78, 5) is 0. The Morgan fingerprint density at radius 3 is 2.00 bits per heavy atom. The fourth-order valence-corrected chi connectivity index (χ4v) is 2.00. The minimum atomic E-state index is 0. The third-order valence-corrected chi connectivity index (χ3v) is 2.46. The van der Waals surface area contributed by atoms with E-state index in [2.05, 4.69) is 44.2 Å². The maximum absolute atomic E-state index is 3.29. The molecule has 0 saturated heterocycles. The average Bonchev–Trinajstić information content (AvgIpc) is 1.97. The Labute approximate surface area is 119 Å². The molecule has 0 fully saturated rings. The van der Waals surface area contributed by atoms with Crippen LogP contribution in [0.5, 0.6) is 0 Å². The van der Waals surface area contributed by atoms with E-state index in [1.54, 1.807) is 0 Å². The van der Waals surface area contributed by atoms with E-state index in [0.717, 1.165) is 0 Å². The summed E-state index contributed by atoms with van der Waals surface area (Å²) >= 11 is 1.38. The van der Waals surface area contributed by atoms with E-state index in [4.69, 9.17) is 0 Å². The van der Waals surface area contributed by atoms with Gasteiger partial charge in [-0.2, -0.15) is 0 Å². The molecule has 0 spiro atoms. The van der Waals surface area contributed by atoms with E-state index in [1.165, 1.54) is 30.5 Å². The number of hydrogen-bond donors (Lipinski definition) is 0. The van der Waals surface area contributed by atoms with Gasteiger partial charge >= 0.3 is 87.1 Å². The van der Waals surface area contributed by atoms with E-state index in [-0.39, 0.29) is 38.1 Å². The molecule has 0 aliphatic carbocycles. The van der Waals surface area contributed by atoms with Crippen LogP contribution in [0.25, 0.3) is 0 Å². The summed E-state index contributed by atoms with van der Waals surface area (Å²) in [5.41, 5.74) is 2.68. The SMILES string of the molecule is C[C-]=C(C)/C=C(\[C-]=[W])C(C)(C)C.[Y]. The summed E-state index contributed by atoms with van der Waals surface area (Å²) in [7, 11) is 0. The van der Waals surface area contributed by atoms with Crippen molar-refractivity contribution in [3.05, 3.63) is 23.3 Å². The van der Waals surface area contributed by atoms with E-state index in [0.29, 0.717) is 0 Å². The molecule has 13 heavy (non-hydrogen) atoms. The van der Waals surface area contributed by atoms with Crippen molar-refractivity contribution < 1.29 is 52.1 Å². The molecule has 2 heteroatoms.